The van der Waals surface area contributed by atoms with Gasteiger partial charge in [0.15, 0.2) is 10.9 Å². The Bertz CT molecular complexity index is 1140. The summed E-state index contributed by atoms with van der Waals surface area (Å²) >= 11 is 2.83. The minimum atomic E-state index is -0.535. The van der Waals surface area contributed by atoms with Crippen LogP contribution in [0.5, 0.6) is 0 Å². The first kappa shape index (κ1) is 18.8. The van der Waals surface area contributed by atoms with Crippen LogP contribution in [-0.2, 0) is 12.8 Å². The van der Waals surface area contributed by atoms with E-state index in [1.807, 2.05) is 24.6 Å². The van der Waals surface area contributed by atoms with Gasteiger partial charge in [-0.15, -0.1) is 26.6 Å². The van der Waals surface area contributed by atoms with E-state index < -0.39 is 5.91 Å². The van der Waals surface area contributed by atoms with Crippen LogP contribution >= 0.6 is 23.1 Å². The highest BCUT2D eigenvalue weighted by molar-refractivity contribution is 7.98. The first-order chi connectivity index (χ1) is 14.1. The number of carbonyl (C=O) groups is 1. The fraction of sp³-hybridized carbons (Fsp3) is 0.143. The molecule has 4 aromatic rings. The number of aryl methyl sites for hydroxylation is 1. The first-order valence-corrected chi connectivity index (χ1v) is 9.86. The predicted molar refractivity (Wildman–Crippen MR) is 104 cm³/mol. The number of nitrogens with two attached hydrogens (primary N) is 1. The van der Waals surface area contributed by atoms with Gasteiger partial charge in [-0.25, -0.2) is 10.1 Å². The summed E-state index contributed by atoms with van der Waals surface area (Å²) in [6.45, 7) is 0. The second-order valence-corrected chi connectivity index (χ2v) is 7.42. The topological polar surface area (TPSA) is 168 Å². The number of aromatic nitrogens is 8. The molecule has 0 aromatic carbocycles. The molecule has 29 heavy (non-hydrogen) atoms. The van der Waals surface area contributed by atoms with Gasteiger partial charge >= 0.3 is 0 Å². The number of hydrogen-bond acceptors (Lipinski definition) is 12. The van der Waals surface area contributed by atoms with Crippen molar-refractivity contribution in [3.63, 3.8) is 0 Å². The highest BCUT2D eigenvalue weighted by atomic mass is 32.2. The third kappa shape index (κ3) is 3.99. The predicted octanol–water partition coefficient (Wildman–Crippen LogP) is 0.479. The molecule has 15 heteroatoms. The number of carbonyl (C=O) groups excluding carboxylic acids is 1. The number of anilines is 1. The summed E-state index contributed by atoms with van der Waals surface area (Å²) in [4.78, 5) is 13.5. The van der Waals surface area contributed by atoms with Crippen LogP contribution in [0.4, 0.5) is 5.82 Å². The SMILES string of the molecule is Cn1cnnc1SCc1c(C(=O)NN=Cc2cccs2)nnn1-c1nonc1N. The Kier molecular flexibility index (Phi) is 5.30. The summed E-state index contributed by atoms with van der Waals surface area (Å²) in [7, 11) is 1.81. The maximum absolute atomic E-state index is 12.6. The molecule has 0 bridgehead atoms. The molecule has 0 fully saturated rings. The van der Waals surface area contributed by atoms with Gasteiger partial charge in [-0.05, 0) is 21.8 Å². The number of thiophene rings is 1. The first-order valence-electron chi connectivity index (χ1n) is 8.00. The molecule has 0 saturated heterocycles. The van der Waals surface area contributed by atoms with Crippen molar-refractivity contribution in [1.82, 2.24) is 45.5 Å². The lowest BCUT2D eigenvalue weighted by atomic mass is 10.3. The molecule has 4 heterocycles. The van der Waals surface area contributed by atoms with Crippen LogP contribution in [-0.4, -0.2) is 52.2 Å². The van der Waals surface area contributed by atoms with Crippen molar-refractivity contribution in [2.24, 2.45) is 12.1 Å². The van der Waals surface area contributed by atoms with Crippen LogP contribution in [0.15, 0.2) is 38.7 Å². The van der Waals surface area contributed by atoms with Crippen LogP contribution in [0.1, 0.15) is 21.1 Å². The van der Waals surface area contributed by atoms with Crippen LogP contribution in [0, 0.1) is 0 Å². The number of hydrazone groups is 1. The van der Waals surface area contributed by atoms with Crippen molar-refractivity contribution in [3.8, 4) is 5.82 Å². The average Bonchev–Trinajstić information content (AvgIpc) is 3.48. The summed E-state index contributed by atoms with van der Waals surface area (Å²) in [5, 5.41) is 29.5. The van der Waals surface area contributed by atoms with Gasteiger partial charge in [0.25, 0.3) is 5.91 Å². The Morgan fingerprint density at radius 1 is 1.45 bits per heavy atom. The highest BCUT2D eigenvalue weighted by Crippen LogP contribution is 2.24. The molecule has 4 rings (SSSR count). The van der Waals surface area contributed by atoms with Gasteiger partial charge in [-0.3, -0.25) is 4.79 Å². The quantitative estimate of drug-likeness (QED) is 0.238. The summed E-state index contributed by atoms with van der Waals surface area (Å²) in [5.74, 6) is -0.106. The number of thioether (sulfide) groups is 1. The van der Waals surface area contributed by atoms with Crippen LogP contribution in [0.2, 0.25) is 0 Å². The molecule has 0 atom stereocenters. The van der Waals surface area contributed by atoms with Gasteiger partial charge < -0.3 is 10.3 Å². The van der Waals surface area contributed by atoms with Crippen LogP contribution in [0.3, 0.4) is 0 Å². The maximum atomic E-state index is 12.6. The molecule has 0 unspecified atom stereocenters. The summed E-state index contributed by atoms with van der Waals surface area (Å²) in [5.41, 5.74) is 8.69. The largest absolute Gasteiger partial charge is 0.378 e. The molecule has 3 N–H and O–H groups in total. The molecule has 0 aliphatic rings. The van der Waals surface area contributed by atoms with Crippen molar-refractivity contribution >= 4 is 41.0 Å². The summed E-state index contributed by atoms with van der Waals surface area (Å²) in [6, 6.07) is 3.76. The number of nitrogens with one attached hydrogen (secondary N) is 1. The molecule has 0 aliphatic heterocycles. The van der Waals surface area contributed by atoms with E-state index in [2.05, 4.69) is 46.0 Å². The Hall–Kier alpha value is -3.59. The molecule has 1 amide bonds. The fourth-order valence-corrected chi connectivity index (χ4v) is 3.69. The second kappa shape index (κ2) is 8.19. The number of nitrogens with zero attached hydrogens (tertiary/aromatic N) is 9. The minimum Gasteiger partial charge on any atom is -0.378 e. The standard InChI is InChI=1S/C14H13N11O2S2/c1-24-7-17-20-14(24)29-6-9-10(13(26)19-16-5-8-3-2-4-28-8)18-23-25(9)12-11(15)21-27-22-12/h2-5,7H,6H2,1H3,(H2,15,21)(H,19,26). The summed E-state index contributed by atoms with van der Waals surface area (Å²) < 4.78 is 7.68. The molecule has 0 spiro atoms. The van der Waals surface area contributed by atoms with Crippen molar-refractivity contribution in [1.29, 1.82) is 0 Å². The molecule has 13 nitrogen and oxygen atoms in total. The second-order valence-electron chi connectivity index (χ2n) is 5.50. The van der Waals surface area contributed by atoms with E-state index in [0.717, 1.165) is 4.88 Å². The monoisotopic (exact) mass is 431 g/mol. The number of hydrogen-bond donors (Lipinski definition) is 2. The molecular weight excluding hydrogens is 418 g/mol. The Morgan fingerprint density at radius 2 is 2.34 bits per heavy atom. The Balaban J connectivity index is 1.60. The fourth-order valence-electron chi connectivity index (χ4n) is 2.22. The van der Waals surface area contributed by atoms with Crippen molar-refractivity contribution in [2.45, 2.75) is 10.9 Å². The number of nitrogen functional groups attached to an aromatic ring is 1. The van der Waals surface area contributed by atoms with E-state index in [0.29, 0.717) is 10.9 Å². The van der Waals surface area contributed by atoms with Crippen molar-refractivity contribution in [3.05, 3.63) is 40.1 Å². The third-order valence-electron chi connectivity index (χ3n) is 3.58. The van der Waals surface area contributed by atoms with E-state index in [1.165, 1.54) is 27.8 Å². The van der Waals surface area contributed by atoms with Crippen molar-refractivity contribution in [2.75, 3.05) is 5.73 Å². The van der Waals surface area contributed by atoms with E-state index in [-0.39, 0.29) is 23.1 Å². The van der Waals surface area contributed by atoms with E-state index in [1.54, 1.807) is 17.1 Å². The van der Waals surface area contributed by atoms with Gasteiger partial charge in [-0.2, -0.15) is 9.78 Å². The molecule has 0 saturated carbocycles. The van der Waals surface area contributed by atoms with Gasteiger partial charge in [-0.1, -0.05) is 23.0 Å². The van der Waals surface area contributed by atoms with Gasteiger partial charge in [0.1, 0.15) is 6.33 Å². The highest BCUT2D eigenvalue weighted by Gasteiger charge is 2.24. The zero-order chi connectivity index (χ0) is 20.2. The smallest absolute Gasteiger partial charge is 0.293 e. The minimum absolute atomic E-state index is 0.0162. The third-order valence-corrected chi connectivity index (χ3v) is 5.44. The van der Waals surface area contributed by atoms with Crippen LogP contribution in [0.25, 0.3) is 5.82 Å². The van der Waals surface area contributed by atoms with Gasteiger partial charge in [0.2, 0.25) is 11.6 Å². The lowest BCUT2D eigenvalue weighted by Crippen LogP contribution is -2.20. The molecule has 0 aliphatic carbocycles. The normalized spacial score (nSPS) is 11.3. The van der Waals surface area contributed by atoms with E-state index in [4.69, 9.17) is 5.73 Å². The molecule has 0 radical (unpaired) electrons. The molecular formula is C14H13N11O2S2. The van der Waals surface area contributed by atoms with E-state index >= 15 is 0 Å². The Morgan fingerprint density at radius 3 is 3.03 bits per heavy atom. The maximum Gasteiger partial charge on any atom is 0.293 e. The Labute approximate surface area is 171 Å². The summed E-state index contributed by atoms with van der Waals surface area (Å²) in [6.07, 6.45) is 3.12. The number of amides is 1. The zero-order valence-electron chi connectivity index (χ0n) is 14.8. The van der Waals surface area contributed by atoms with Crippen molar-refractivity contribution < 1.29 is 9.42 Å². The van der Waals surface area contributed by atoms with Crippen LogP contribution < -0.4 is 11.2 Å². The lowest BCUT2D eigenvalue weighted by molar-refractivity contribution is 0.0949. The molecule has 148 valence electrons. The lowest BCUT2D eigenvalue weighted by Gasteiger charge is -2.05. The molecule has 4 aromatic heterocycles. The number of rotatable bonds is 7. The zero-order valence-corrected chi connectivity index (χ0v) is 16.5. The van der Waals surface area contributed by atoms with Gasteiger partial charge in [0, 0.05) is 17.7 Å². The van der Waals surface area contributed by atoms with E-state index in [9.17, 15) is 4.79 Å². The average molecular weight is 431 g/mol. The van der Waals surface area contributed by atoms with Gasteiger partial charge in [0.05, 0.1) is 11.9 Å².